The highest BCUT2D eigenvalue weighted by Crippen LogP contribution is 2.33. The van der Waals surface area contributed by atoms with Crippen molar-refractivity contribution in [2.75, 3.05) is 20.2 Å². The monoisotopic (exact) mass is 340 g/mol. The van der Waals surface area contributed by atoms with Crippen LogP contribution in [0.2, 0.25) is 0 Å². The molecule has 0 aliphatic carbocycles. The molecule has 132 valence electrons. The molecule has 1 saturated heterocycles. The molecule has 0 spiro atoms. The predicted molar refractivity (Wildman–Crippen MR) is 95.4 cm³/mol. The van der Waals surface area contributed by atoms with E-state index in [0.717, 1.165) is 22.6 Å². The number of rotatable bonds is 4. The van der Waals surface area contributed by atoms with Gasteiger partial charge in [0, 0.05) is 19.3 Å². The fraction of sp³-hybridized carbons (Fsp3) is 0.400. The number of likely N-dealkylation sites (tertiary alicyclic amines) is 1. The first kappa shape index (κ1) is 17.4. The van der Waals surface area contributed by atoms with Crippen molar-refractivity contribution in [2.45, 2.75) is 31.8 Å². The van der Waals surface area contributed by atoms with E-state index in [4.69, 9.17) is 4.74 Å². The maximum Gasteiger partial charge on any atom is 0.226 e. The van der Waals surface area contributed by atoms with Crippen LogP contribution in [-0.4, -0.2) is 41.1 Å². The summed E-state index contributed by atoms with van der Waals surface area (Å²) in [7, 11) is 1.62. The molecule has 1 aliphatic heterocycles. The molecular weight excluding hydrogens is 316 g/mol. The average molecular weight is 340 g/mol. The summed E-state index contributed by atoms with van der Waals surface area (Å²) in [4.78, 5) is 18.7. The molecule has 3 rings (SSSR count). The summed E-state index contributed by atoms with van der Waals surface area (Å²) in [6.45, 7) is 3.05. The Bertz CT molecular complexity index is 735. The van der Waals surface area contributed by atoms with E-state index in [1.807, 2.05) is 48.2 Å². The summed E-state index contributed by atoms with van der Waals surface area (Å²) >= 11 is 0. The standard InChI is InChI=1S/C20H24N2O3/c1-15-4-3-11-21-19(15)20(24)9-12-22(13-10-20)18(23)14-16-5-7-17(25-2)8-6-16/h3-8,11,24H,9-10,12-14H2,1-2H3. The van der Waals surface area contributed by atoms with Crippen molar-refractivity contribution in [1.82, 2.24) is 9.88 Å². The van der Waals surface area contributed by atoms with Crippen LogP contribution >= 0.6 is 0 Å². The molecule has 25 heavy (non-hydrogen) atoms. The lowest BCUT2D eigenvalue weighted by molar-refractivity contribution is -0.135. The third kappa shape index (κ3) is 3.82. The van der Waals surface area contributed by atoms with E-state index in [9.17, 15) is 9.90 Å². The fourth-order valence-electron chi connectivity index (χ4n) is 3.37. The quantitative estimate of drug-likeness (QED) is 0.929. The topological polar surface area (TPSA) is 62.7 Å². The molecule has 1 amide bonds. The lowest BCUT2D eigenvalue weighted by Crippen LogP contribution is -2.46. The van der Waals surface area contributed by atoms with Crippen molar-refractivity contribution in [3.05, 3.63) is 59.4 Å². The molecular formula is C20H24N2O3. The van der Waals surface area contributed by atoms with E-state index in [0.29, 0.717) is 32.4 Å². The van der Waals surface area contributed by atoms with E-state index in [1.54, 1.807) is 13.3 Å². The Morgan fingerprint density at radius 1 is 1.24 bits per heavy atom. The van der Waals surface area contributed by atoms with Crippen LogP contribution in [0.25, 0.3) is 0 Å². The zero-order valence-electron chi connectivity index (χ0n) is 14.7. The van der Waals surface area contributed by atoms with E-state index in [2.05, 4.69) is 4.98 Å². The number of amides is 1. The zero-order chi connectivity index (χ0) is 17.9. The lowest BCUT2D eigenvalue weighted by Gasteiger charge is -2.38. The first-order valence-corrected chi connectivity index (χ1v) is 8.57. The number of piperidine rings is 1. The van der Waals surface area contributed by atoms with Crippen LogP contribution in [0, 0.1) is 6.92 Å². The molecule has 0 bridgehead atoms. The third-order valence-electron chi connectivity index (χ3n) is 4.91. The average Bonchev–Trinajstić information content (AvgIpc) is 2.63. The van der Waals surface area contributed by atoms with Crippen LogP contribution in [0.1, 0.15) is 29.7 Å². The predicted octanol–water partition coefficient (Wildman–Crippen LogP) is 2.45. The zero-order valence-corrected chi connectivity index (χ0v) is 14.7. The van der Waals surface area contributed by atoms with Gasteiger partial charge in [0.15, 0.2) is 0 Å². The molecule has 5 heteroatoms. The van der Waals surface area contributed by atoms with Crippen molar-refractivity contribution in [2.24, 2.45) is 0 Å². The number of benzene rings is 1. The minimum absolute atomic E-state index is 0.0879. The Labute approximate surface area is 148 Å². The van der Waals surface area contributed by atoms with E-state index in [-0.39, 0.29) is 5.91 Å². The molecule has 2 aromatic rings. The summed E-state index contributed by atoms with van der Waals surface area (Å²) in [6, 6.07) is 11.4. The van der Waals surface area contributed by atoms with Gasteiger partial charge >= 0.3 is 0 Å². The Balaban J connectivity index is 1.61. The third-order valence-corrected chi connectivity index (χ3v) is 4.91. The van der Waals surface area contributed by atoms with Gasteiger partial charge in [-0.15, -0.1) is 0 Å². The minimum atomic E-state index is -0.942. The van der Waals surface area contributed by atoms with Crippen LogP contribution in [0.5, 0.6) is 5.75 Å². The summed E-state index contributed by atoms with van der Waals surface area (Å²) in [6.07, 6.45) is 3.10. The largest absolute Gasteiger partial charge is 0.497 e. The Kier molecular flexibility index (Phi) is 5.04. The van der Waals surface area contributed by atoms with Crippen molar-refractivity contribution < 1.29 is 14.6 Å². The number of pyridine rings is 1. The fourth-order valence-corrected chi connectivity index (χ4v) is 3.37. The Morgan fingerprint density at radius 2 is 1.92 bits per heavy atom. The van der Waals surface area contributed by atoms with Gasteiger partial charge in [-0.2, -0.15) is 0 Å². The summed E-state index contributed by atoms with van der Waals surface area (Å²) in [5.41, 5.74) is 1.75. The highest BCUT2D eigenvalue weighted by molar-refractivity contribution is 5.79. The van der Waals surface area contributed by atoms with Gasteiger partial charge in [-0.3, -0.25) is 9.78 Å². The molecule has 0 atom stereocenters. The van der Waals surface area contributed by atoms with Crippen LogP contribution in [0.15, 0.2) is 42.6 Å². The highest BCUT2D eigenvalue weighted by Gasteiger charge is 2.37. The second kappa shape index (κ2) is 7.23. The molecule has 1 aromatic heterocycles. The molecule has 1 aromatic carbocycles. The SMILES string of the molecule is COc1ccc(CC(=O)N2CCC(O)(c3ncccc3C)CC2)cc1. The van der Waals surface area contributed by atoms with Crippen LogP contribution in [0.4, 0.5) is 0 Å². The van der Waals surface area contributed by atoms with E-state index in [1.165, 1.54) is 0 Å². The number of aromatic nitrogens is 1. The Morgan fingerprint density at radius 3 is 2.52 bits per heavy atom. The van der Waals surface area contributed by atoms with Gasteiger partial charge in [-0.1, -0.05) is 18.2 Å². The minimum Gasteiger partial charge on any atom is -0.497 e. The Hall–Kier alpha value is -2.40. The second-order valence-corrected chi connectivity index (χ2v) is 6.61. The van der Waals surface area contributed by atoms with Crippen LogP contribution in [-0.2, 0) is 16.8 Å². The summed E-state index contributed by atoms with van der Waals surface area (Å²) in [5.74, 6) is 0.870. The number of hydrogen-bond acceptors (Lipinski definition) is 4. The van der Waals surface area contributed by atoms with Crippen molar-refractivity contribution in [3.63, 3.8) is 0 Å². The van der Waals surface area contributed by atoms with Gasteiger partial charge < -0.3 is 14.7 Å². The highest BCUT2D eigenvalue weighted by atomic mass is 16.5. The van der Waals surface area contributed by atoms with Crippen LogP contribution in [0.3, 0.4) is 0 Å². The van der Waals surface area contributed by atoms with Gasteiger partial charge in [0.1, 0.15) is 11.4 Å². The summed E-state index contributed by atoms with van der Waals surface area (Å²) in [5, 5.41) is 11.0. The number of aliphatic hydroxyl groups is 1. The number of nitrogens with zero attached hydrogens (tertiary/aromatic N) is 2. The van der Waals surface area contributed by atoms with E-state index < -0.39 is 5.60 Å². The molecule has 1 aliphatic rings. The first-order chi connectivity index (χ1) is 12.0. The van der Waals surface area contributed by atoms with Gasteiger partial charge in [0.2, 0.25) is 5.91 Å². The van der Waals surface area contributed by atoms with E-state index >= 15 is 0 Å². The number of aryl methyl sites for hydroxylation is 1. The van der Waals surface area contributed by atoms with Gasteiger partial charge in [0.05, 0.1) is 19.2 Å². The van der Waals surface area contributed by atoms with Crippen molar-refractivity contribution >= 4 is 5.91 Å². The lowest BCUT2D eigenvalue weighted by atomic mass is 9.85. The van der Waals surface area contributed by atoms with Crippen LogP contribution < -0.4 is 4.74 Å². The maximum atomic E-state index is 12.5. The molecule has 5 nitrogen and oxygen atoms in total. The first-order valence-electron chi connectivity index (χ1n) is 8.57. The second-order valence-electron chi connectivity index (χ2n) is 6.61. The normalized spacial score (nSPS) is 16.5. The van der Waals surface area contributed by atoms with Gasteiger partial charge in [0.25, 0.3) is 0 Å². The van der Waals surface area contributed by atoms with Gasteiger partial charge in [-0.05, 0) is 49.1 Å². The molecule has 1 N–H and O–H groups in total. The number of ether oxygens (including phenoxy) is 1. The summed E-state index contributed by atoms with van der Waals surface area (Å²) < 4.78 is 5.14. The molecule has 0 unspecified atom stereocenters. The molecule has 0 saturated carbocycles. The number of carbonyl (C=O) groups is 1. The molecule has 0 radical (unpaired) electrons. The number of carbonyl (C=O) groups excluding carboxylic acids is 1. The molecule has 1 fully saturated rings. The van der Waals surface area contributed by atoms with Crippen molar-refractivity contribution in [1.29, 1.82) is 0 Å². The van der Waals surface area contributed by atoms with Crippen molar-refractivity contribution in [3.8, 4) is 5.75 Å². The molecule has 2 heterocycles. The number of hydrogen-bond donors (Lipinski definition) is 1. The number of methoxy groups -OCH3 is 1. The maximum absolute atomic E-state index is 12.5. The smallest absolute Gasteiger partial charge is 0.226 e. The van der Waals surface area contributed by atoms with Gasteiger partial charge in [-0.25, -0.2) is 0 Å².